The molecule has 0 unspecified atom stereocenters. The van der Waals surface area contributed by atoms with E-state index in [1.165, 1.54) is 7.11 Å². The molecule has 0 saturated heterocycles. The van der Waals surface area contributed by atoms with Crippen molar-refractivity contribution < 1.29 is 19.1 Å². The minimum atomic E-state index is -0.590. The Morgan fingerprint density at radius 1 is 1.31 bits per heavy atom. The van der Waals surface area contributed by atoms with Gasteiger partial charge in [0.05, 0.1) is 7.11 Å². The zero-order valence-corrected chi connectivity index (χ0v) is 7.70. The highest BCUT2D eigenvalue weighted by atomic mass is 16.5. The highest BCUT2D eigenvalue weighted by molar-refractivity contribution is 5.91. The number of carbonyl (C=O) groups excluding carboxylic acids is 2. The Labute approximate surface area is 76.8 Å². The van der Waals surface area contributed by atoms with E-state index in [1.807, 2.05) is 0 Å². The smallest absolute Gasteiger partial charge is 0.331 e. The van der Waals surface area contributed by atoms with Crippen LogP contribution in [-0.2, 0) is 19.1 Å². The molecule has 0 aromatic carbocycles. The Bertz CT molecular complexity index is 240. The lowest BCUT2D eigenvalue weighted by Crippen LogP contribution is -2.04. The van der Waals surface area contributed by atoms with Crippen LogP contribution in [0.25, 0.3) is 0 Å². The van der Waals surface area contributed by atoms with Gasteiger partial charge in [0, 0.05) is 12.2 Å². The molecule has 0 spiro atoms. The first kappa shape index (κ1) is 11.4. The zero-order chi connectivity index (χ0) is 10.3. The number of ether oxygens (including phenoxy) is 2. The Morgan fingerprint density at radius 2 is 1.85 bits per heavy atom. The quantitative estimate of drug-likeness (QED) is 0.369. The Balaban J connectivity index is 3.80. The molecule has 0 aliphatic carbocycles. The molecule has 4 heteroatoms. The van der Waals surface area contributed by atoms with Crippen molar-refractivity contribution in [2.24, 2.45) is 0 Å². The van der Waals surface area contributed by atoms with E-state index in [-0.39, 0.29) is 6.61 Å². The first-order valence-corrected chi connectivity index (χ1v) is 3.63. The number of hydrogen-bond donors (Lipinski definition) is 0. The molecule has 72 valence electrons. The van der Waals surface area contributed by atoms with Crippen molar-refractivity contribution in [3.63, 3.8) is 0 Å². The van der Waals surface area contributed by atoms with Gasteiger partial charge < -0.3 is 9.47 Å². The lowest BCUT2D eigenvalue weighted by atomic mass is 10.4. The summed E-state index contributed by atoms with van der Waals surface area (Å²) in [5.74, 6) is -1.18. The van der Waals surface area contributed by atoms with Gasteiger partial charge in [-0.25, -0.2) is 9.59 Å². The Kier molecular flexibility index (Phi) is 5.27. The minimum Gasteiger partial charge on any atom is -0.466 e. The third kappa shape index (κ3) is 6.80. The van der Waals surface area contributed by atoms with Crippen molar-refractivity contribution >= 4 is 11.9 Å². The summed E-state index contributed by atoms with van der Waals surface area (Å²) in [4.78, 5) is 21.3. The maximum Gasteiger partial charge on any atom is 0.331 e. The summed E-state index contributed by atoms with van der Waals surface area (Å²) < 4.78 is 8.94. The van der Waals surface area contributed by atoms with Crippen LogP contribution in [0.15, 0.2) is 24.3 Å². The van der Waals surface area contributed by atoms with Gasteiger partial charge in [-0.2, -0.15) is 0 Å². The van der Waals surface area contributed by atoms with E-state index < -0.39 is 11.9 Å². The van der Waals surface area contributed by atoms with Crippen molar-refractivity contribution in [1.29, 1.82) is 0 Å². The average Bonchev–Trinajstić information content (AvgIpc) is 2.10. The predicted octanol–water partition coefficient (Wildman–Crippen LogP) is 0.835. The van der Waals surface area contributed by atoms with E-state index in [0.29, 0.717) is 0 Å². The molecule has 0 heterocycles. The second kappa shape index (κ2) is 5.99. The van der Waals surface area contributed by atoms with Gasteiger partial charge in [0.25, 0.3) is 0 Å². The summed E-state index contributed by atoms with van der Waals surface area (Å²) >= 11 is 0. The van der Waals surface area contributed by atoms with Crippen LogP contribution in [-0.4, -0.2) is 25.7 Å². The molecule has 0 bridgehead atoms. The monoisotopic (exact) mass is 184 g/mol. The van der Waals surface area contributed by atoms with Crippen molar-refractivity contribution in [2.45, 2.75) is 6.92 Å². The highest BCUT2D eigenvalue weighted by Gasteiger charge is 1.98. The number of hydrogen-bond acceptors (Lipinski definition) is 4. The molecule has 13 heavy (non-hydrogen) atoms. The predicted molar refractivity (Wildman–Crippen MR) is 46.9 cm³/mol. The first-order valence-electron chi connectivity index (χ1n) is 3.63. The van der Waals surface area contributed by atoms with E-state index in [0.717, 1.165) is 17.7 Å². The van der Waals surface area contributed by atoms with E-state index in [9.17, 15) is 9.59 Å². The van der Waals surface area contributed by atoms with Crippen LogP contribution < -0.4 is 0 Å². The molecule has 0 aromatic heterocycles. The summed E-state index contributed by atoms with van der Waals surface area (Å²) in [7, 11) is 1.23. The van der Waals surface area contributed by atoms with Crippen LogP contribution in [0, 0.1) is 0 Å². The molecule has 0 aliphatic rings. The molecule has 0 aliphatic heterocycles. The van der Waals surface area contributed by atoms with Crippen LogP contribution in [0.4, 0.5) is 0 Å². The van der Waals surface area contributed by atoms with Gasteiger partial charge in [0.2, 0.25) is 0 Å². The Morgan fingerprint density at radius 3 is 2.31 bits per heavy atom. The first-order chi connectivity index (χ1) is 6.06. The zero-order valence-electron chi connectivity index (χ0n) is 7.70. The van der Waals surface area contributed by atoms with E-state index in [2.05, 4.69) is 16.1 Å². The molecule has 0 saturated carbocycles. The molecule has 0 rings (SSSR count). The second-order valence-electron chi connectivity index (χ2n) is 2.42. The SMILES string of the molecule is C=C(C)COC(=O)/C=C\C(=O)OC. The highest BCUT2D eigenvalue weighted by Crippen LogP contribution is 1.90. The van der Waals surface area contributed by atoms with Crippen LogP contribution in [0.3, 0.4) is 0 Å². The minimum absolute atomic E-state index is 0.157. The maximum absolute atomic E-state index is 10.8. The van der Waals surface area contributed by atoms with E-state index >= 15 is 0 Å². The van der Waals surface area contributed by atoms with Gasteiger partial charge in [-0.1, -0.05) is 6.58 Å². The molecule has 0 atom stereocenters. The molecule has 0 fully saturated rings. The summed E-state index contributed by atoms with van der Waals surface area (Å²) in [5, 5.41) is 0. The fraction of sp³-hybridized carbons (Fsp3) is 0.333. The topological polar surface area (TPSA) is 52.6 Å². The lowest BCUT2D eigenvalue weighted by Gasteiger charge is -1.99. The number of methoxy groups -OCH3 is 1. The van der Waals surface area contributed by atoms with Gasteiger partial charge >= 0.3 is 11.9 Å². The molecule has 0 aromatic rings. The van der Waals surface area contributed by atoms with Gasteiger partial charge in [-0.3, -0.25) is 0 Å². The average molecular weight is 184 g/mol. The molecular formula is C9H12O4. The van der Waals surface area contributed by atoms with Crippen molar-refractivity contribution in [2.75, 3.05) is 13.7 Å². The van der Waals surface area contributed by atoms with Crippen LogP contribution in [0.5, 0.6) is 0 Å². The van der Waals surface area contributed by atoms with Crippen LogP contribution in [0.1, 0.15) is 6.92 Å². The summed E-state index contributed by atoms with van der Waals surface area (Å²) in [6.07, 6.45) is 2.01. The van der Waals surface area contributed by atoms with Crippen LogP contribution >= 0.6 is 0 Å². The third-order valence-electron chi connectivity index (χ3n) is 1.02. The second-order valence-corrected chi connectivity index (χ2v) is 2.42. The summed E-state index contributed by atoms with van der Waals surface area (Å²) in [6, 6.07) is 0. The lowest BCUT2D eigenvalue weighted by molar-refractivity contribution is -0.138. The molecule has 0 amide bonds. The molecular weight excluding hydrogens is 172 g/mol. The molecule has 0 radical (unpaired) electrons. The number of rotatable bonds is 4. The fourth-order valence-electron chi connectivity index (χ4n) is 0.447. The van der Waals surface area contributed by atoms with Gasteiger partial charge in [0.1, 0.15) is 6.61 Å². The van der Waals surface area contributed by atoms with Crippen molar-refractivity contribution in [1.82, 2.24) is 0 Å². The third-order valence-corrected chi connectivity index (χ3v) is 1.02. The van der Waals surface area contributed by atoms with Crippen LogP contribution in [0.2, 0.25) is 0 Å². The summed E-state index contributed by atoms with van der Waals surface area (Å²) in [6.45, 7) is 5.44. The molecule has 4 nitrogen and oxygen atoms in total. The Hall–Kier alpha value is -1.58. The van der Waals surface area contributed by atoms with Gasteiger partial charge in [0.15, 0.2) is 0 Å². The van der Waals surface area contributed by atoms with Crippen molar-refractivity contribution in [3.05, 3.63) is 24.3 Å². The largest absolute Gasteiger partial charge is 0.466 e. The van der Waals surface area contributed by atoms with Crippen molar-refractivity contribution in [3.8, 4) is 0 Å². The van der Waals surface area contributed by atoms with Gasteiger partial charge in [-0.15, -0.1) is 0 Å². The molecule has 0 N–H and O–H groups in total. The van der Waals surface area contributed by atoms with E-state index in [4.69, 9.17) is 0 Å². The van der Waals surface area contributed by atoms with Gasteiger partial charge in [-0.05, 0) is 12.5 Å². The number of esters is 2. The fourth-order valence-corrected chi connectivity index (χ4v) is 0.447. The maximum atomic E-state index is 10.8. The normalized spacial score (nSPS) is 9.69. The van der Waals surface area contributed by atoms with E-state index in [1.54, 1.807) is 6.92 Å². The standard InChI is InChI=1S/C9H12O4/c1-7(2)6-13-9(11)5-4-8(10)12-3/h4-5H,1,6H2,2-3H3/b5-4-. The number of carbonyl (C=O) groups is 2. The summed E-state index contributed by atoms with van der Waals surface area (Å²) in [5.41, 5.74) is 0.736.